The summed E-state index contributed by atoms with van der Waals surface area (Å²) in [6.07, 6.45) is 8.13. The molecule has 1 aliphatic rings. The van der Waals surface area contributed by atoms with Crippen LogP contribution in [-0.2, 0) is 14.4 Å². The molecule has 0 saturated heterocycles. The zero-order chi connectivity index (χ0) is 35.8. The number of amides is 3. The first-order chi connectivity index (χ1) is 24.1. The highest BCUT2D eigenvalue weighted by molar-refractivity contribution is 8.14. The van der Waals surface area contributed by atoms with Crippen molar-refractivity contribution in [3.05, 3.63) is 167 Å². The van der Waals surface area contributed by atoms with Crippen LogP contribution in [0.15, 0.2) is 138 Å². The van der Waals surface area contributed by atoms with Crippen molar-refractivity contribution in [2.24, 2.45) is 4.99 Å². The zero-order valence-electron chi connectivity index (χ0n) is 27.9. The number of rotatable bonds is 11. The van der Waals surface area contributed by atoms with Gasteiger partial charge in [0.15, 0.2) is 5.17 Å². The molecule has 0 atom stereocenters. The van der Waals surface area contributed by atoms with Gasteiger partial charge in [0.05, 0.1) is 17.4 Å². The van der Waals surface area contributed by atoms with Crippen LogP contribution < -0.4 is 5.32 Å². The standard InChI is InChI=1S/C40H36N4O5S/c1-5-7-20-32(6-2)44-38(47)34(24-31-22-26(3)43(27(31)4)33-21-14-19-30(23-33)39(48)49)37(46)42-40(44)50-25-35(45)41-36(28-15-10-8-11-16-28)29-17-12-9-13-18-29/h5-24,36H,1,25H2,2-4H3,(H,41,45)(H,48,49)/b20-7-,32-6+,34-24+. The monoisotopic (exact) mass is 684 g/mol. The molecule has 0 radical (unpaired) electrons. The quantitative estimate of drug-likeness (QED) is 0.0981. The van der Waals surface area contributed by atoms with E-state index in [1.54, 1.807) is 49.4 Å². The van der Waals surface area contributed by atoms with E-state index in [1.165, 1.54) is 17.0 Å². The summed E-state index contributed by atoms with van der Waals surface area (Å²) in [5.74, 6) is -2.79. The number of aliphatic imine (C=N–C) groups is 1. The van der Waals surface area contributed by atoms with Crippen molar-refractivity contribution in [2.75, 3.05) is 5.75 Å². The van der Waals surface area contributed by atoms with E-state index in [4.69, 9.17) is 0 Å². The number of aryl methyl sites for hydroxylation is 1. The highest BCUT2D eigenvalue weighted by Crippen LogP contribution is 2.29. The van der Waals surface area contributed by atoms with Gasteiger partial charge in [0.2, 0.25) is 5.91 Å². The van der Waals surface area contributed by atoms with Crippen molar-refractivity contribution in [3.8, 4) is 5.69 Å². The Balaban J connectivity index is 1.46. The van der Waals surface area contributed by atoms with Gasteiger partial charge in [-0.1, -0.05) is 103 Å². The van der Waals surface area contributed by atoms with Crippen molar-refractivity contribution >= 4 is 46.7 Å². The number of nitrogens with one attached hydrogen (secondary N) is 1. The molecular formula is C40H36N4O5S. The van der Waals surface area contributed by atoms with E-state index >= 15 is 0 Å². The molecule has 0 aliphatic carbocycles. The summed E-state index contributed by atoms with van der Waals surface area (Å²) in [7, 11) is 0. The lowest BCUT2D eigenvalue weighted by atomic mass is 9.99. The molecule has 1 aliphatic heterocycles. The van der Waals surface area contributed by atoms with Crippen LogP contribution in [0.4, 0.5) is 0 Å². The molecule has 3 amide bonds. The fourth-order valence-corrected chi connectivity index (χ4v) is 6.47. The molecule has 10 heteroatoms. The lowest BCUT2D eigenvalue weighted by Crippen LogP contribution is -2.42. The van der Waals surface area contributed by atoms with E-state index in [9.17, 15) is 24.3 Å². The minimum absolute atomic E-state index is 0.0704. The molecule has 0 unspecified atom stereocenters. The average Bonchev–Trinajstić information content (AvgIpc) is 3.41. The van der Waals surface area contributed by atoms with Crippen LogP contribution in [0.1, 0.15) is 51.4 Å². The van der Waals surface area contributed by atoms with Crippen molar-refractivity contribution < 1.29 is 24.3 Å². The van der Waals surface area contributed by atoms with Crippen molar-refractivity contribution in [1.29, 1.82) is 0 Å². The van der Waals surface area contributed by atoms with Gasteiger partial charge < -0.3 is 15.0 Å². The Kier molecular flexibility index (Phi) is 11.3. The van der Waals surface area contributed by atoms with Crippen LogP contribution in [-0.4, -0.2) is 49.2 Å². The van der Waals surface area contributed by atoms with Gasteiger partial charge in [-0.3, -0.25) is 19.3 Å². The number of nitrogens with zero attached hydrogens (tertiary/aromatic N) is 3. The number of carboxylic acid groups (broad SMARTS) is 1. The molecule has 0 fully saturated rings. The summed E-state index contributed by atoms with van der Waals surface area (Å²) in [6.45, 7) is 9.17. The second kappa shape index (κ2) is 15.9. The fraction of sp³-hybridized carbons (Fsp3) is 0.125. The van der Waals surface area contributed by atoms with Crippen LogP contribution in [0.25, 0.3) is 11.8 Å². The summed E-state index contributed by atoms with van der Waals surface area (Å²) < 4.78 is 1.86. The second-order valence-corrected chi connectivity index (χ2v) is 12.3. The van der Waals surface area contributed by atoms with E-state index in [0.29, 0.717) is 22.6 Å². The molecule has 0 spiro atoms. The fourth-order valence-electron chi connectivity index (χ4n) is 5.66. The normalized spacial score (nSPS) is 14.4. The maximum Gasteiger partial charge on any atom is 0.335 e. The lowest BCUT2D eigenvalue weighted by Gasteiger charge is -2.28. The molecule has 4 aromatic rings. The number of aromatic nitrogens is 1. The maximum atomic E-state index is 14.2. The number of aromatic carboxylic acids is 1. The van der Waals surface area contributed by atoms with E-state index in [2.05, 4.69) is 16.9 Å². The van der Waals surface area contributed by atoms with Crippen LogP contribution in [0.5, 0.6) is 0 Å². The number of thioether (sulfide) groups is 1. The molecule has 1 aromatic heterocycles. The molecular weight excluding hydrogens is 649 g/mol. The van der Waals surface area contributed by atoms with Gasteiger partial charge in [0.1, 0.15) is 5.57 Å². The van der Waals surface area contributed by atoms with E-state index in [-0.39, 0.29) is 28.0 Å². The molecule has 5 rings (SSSR count). The molecule has 50 heavy (non-hydrogen) atoms. The summed E-state index contributed by atoms with van der Waals surface area (Å²) in [6, 6.07) is 27.2. The Labute approximate surface area is 295 Å². The molecule has 0 saturated carbocycles. The van der Waals surface area contributed by atoms with E-state index in [0.717, 1.165) is 28.6 Å². The molecule has 2 N–H and O–H groups in total. The van der Waals surface area contributed by atoms with Gasteiger partial charge >= 0.3 is 5.97 Å². The Bertz CT molecular complexity index is 2040. The average molecular weight is 685 g/mol. The minimum Gasteiger partial charge on any atom is -0.478 e. The topological polar surface area (TPSA) is 121 Å². The van der Waals surface area contributed by atoms with E-state index in [1.807, 2.05) is 85.1 Å². The third-order valence-corrected chi connectivity index (χ3v) is 8.97. The van der Waals surface area contributed by atoms with Crippen molar-refractivity contribution in [3.63, 3.8) is 0 Å². The van der Waals surface area contributed by atoms with Crippen LogP contribution in [0.2, 0.25) is 0 Å². The third-order valence-electron chi connectivity index (χ3n) is 8.03. The Hall–Kier alpha value is -6.00. The van der Waals surface area contributed by atoms with Gasteiger partial charge in [0, 0.05) is 22.8 Å². The van der Waals surface area contributed by atoms with Crippen LogP contribution in [0.3, 0.4) is 0 Å². The number of hydrogen-bond acceptors (Lipinski definition) is 5. The number of carbonyl (C=O) groups is 4. The van der Waals surface area contributed by atoms with Gasteiger partial charge in [-0.15, -0.1) is 0 Å². The first kappa shape index (κ1) is 35.3. The van der Waals surface area contributed by atoms with Crippen LogP contribution >= 0.6 is 11.8 Å². The molecule has 0 bridgehead atoms. The van der Waals surface area contributed by atoms with Gasteiger partial charge in [-0.25, -0.2) is 4.79 Å². The van der Waals surface area contributed by atoms with Crippen molar-refractivity contribution in [1.82, 2.24) is 14.8 Å². The Morgan fingerprint density at radius 1 is 0.960 bits per heavy atom. The molecule has 2 heterocycles. The smallest absolute Gasteiger partial charge is 0.335 e. The maximum absolute atomic E-state index is 14.2. The summed E-state index contributed by atoms with van der Waals surface area (Å²) in [5, 5.41) is 12.7. The lowest BCUT2D eigenvalue weighted by molar-refractivity contribution is -0.126. The molecule has 9 nitrogen and oxygen atoms in total. The van der Waals surface area contributed by atoms with Gasteiger partial charge in [0.25, 0.3) is 11.8 Å². The summed E-state index contributed by atoms with van der Waals surface area (Å²) in [5.41, 5.74) is 4.97. The number of carboxylic acids is 1. The predicted molar refractivity (Wildman–Crippen MR) is 198 cm³/mol. The Morgan fingerprint density at radius 3 is 2.22 bits per heavy atom. The highest BCUT2D eigenvalue weighted by atomic mass is 32.2. The van der Waals surface area contributed by atoms with Crippen molar-refractivity contribution in [2.45, 2.75) is 26.8 Å². The number of benzene rings is 3. The first-order valence-electron chi connectivity index (χ1n) is 15.8. The number of allylic oxidation sites excluding steroid dienone is 4. The molecule has 252 valence electrons. The SMILES string of the molecule is C=C/C=C\C(=C/C)N1C(=O)/C(=C/c2cc(C)n(-c3cccc(C(=O)O)c3)c2C)C(=O)N=C1SCC(=O)NC(c1ccccc1)c1ccccc1. The Morgan fingerprint density at radius 2 is 1.62 bits per heavy atom. The first-order valence-corrected chi connectivity index (χ1v) is 16.8. The number of carbonyl (C=O) groups excluding carboxylic acids is 3. The molecule has 3 aromatic carbocycles. The number of amidine groups is 1. The summed E-state index contributed by atoms with van der Waals surface area (Å²) in [4.78, 5) is 58.3. The number of hydrogen-bond donors (Lipinski definition) is 2. The summed E-state index contributed by atoms with van der Waals surface area (Å²) >= 11 is 0.992. The third kappa shape index (κ3) is 7.82. The second-order valence-electron chi connectivity index (χ2n) is 11.3. The van der Waals surface area contributed by atoms with Gasteiger partial charge in [-0.05, 0) is 73.9 Å². The highest BCUT2D eigenvalue weighted by Gasteiger charge is 2.35. The minimum atomic E-state index is -1.04. The van der Waals surface area contributed by atoms with Crippen LogP contribution in [0, 0.1) is 13.8 Å². The van der Waals surface area contributed by atoms with E-state index < -0.39 is 23.8 Å². The zero-order valence-corrected chi connectivity index (χ0v) is 28.7. The largest absolute Gasteiger partial charge is 0.478 e. The predicted octanol–water partition coefficient (Wildman–Crippen LogP) is 7.19. The van der Waals surface area contributed by atoms with Gasteiger partial charge in [-0.2, -0.15) is 4.99 Å².